The second kappa shape index (κ2) is 7.28. The molecule has 7 nitrogen and oxygen atoms in total. The topological polar surface area (TPSA) is 97.1 Å². The number of aromatic nitrogens is 3. The third-order valence-corrected chi connectivity index (χ3v) is 4.56. The molecule has 0 unspecified atom stereocenters. The highest BCUT2D eigenvalue weighted by Gasteiger charge is 2.15. The molecule has 0 aromatic carbocycles. The average Bonchev–Trinajstić information content (AvgIpc) is 2.64. The Bertz CT molecular complexity index is 1090. The fourth-order valence-electron chi connectivity index (χ4n) is 3.06. The molecule has 27 heavy (non-hydrogen) atoms. The lowest BCUT2D eigenvalue weighted by atomic mass is 10.0. The summed E-state index contributed by atoms with van der Waals surface area (Å²) in [6.07, 6.45) is 3.21. The number of carbonyl (C=O) groups is 1. The molecule has 0 aliphatic rings. The molecule has 2 N–H and O–H groups in total. The Kier molecular flexibility index (Phi) is 5.05. The minimum atomic E-state index is -0.617. The van der Waals surface area contributed by atoms with Crippen molar-refractivity contribution in [3.8, 4) is 11.1 Å². The first kappa shape index (κ1) is 18.7. The highest BCUT2D eigenvalue weighted by atomic mass is 16.3. The van der Waals surface area contributed by atoms with Crippen LogP contribution in [0.1, 0.15) is 37.6 Å². The quantitative estimate of drug-likeness (QED) is 0.740. The third-order valence-electron chi connectivity index (χ3n) is 4.56. The summed E-state index contributed by atoms with van der Waals surface area (Å²) in [4.78, 5) is 32.7. The molecule has 0 saturated carbocycles. The lowest BCUT2D eigenvalue weighted by Crippen LogP contribution is -2.20. The van der Waals surface area contributed by atoms with Gasteiger partial charge in [-0.3, -0.25) is 14.6 Å². The molecule has 3 rings (SSSR count). The highest BCUT2D eigenvalue weighted by Crippen LogP contribution is 2.26. The van der Waals surface area contributed by atoms with Crippen LogP contribution in [0.4, 0.5) is 5.82 Å². The molecule has 7 heteroatoms. The zero-order chi connectivity index (χ0) is 19.7. The van der Waals surface area contributed by atoms with Crippen LogP contribution < -0.4 is 10.9 Å². The summed E-state index contributed by atoms with van der Waals surface area (Å²) in [7, 11) is 1.68. The summed E-state index contributed by atoms with van der Waals surface area (Å²) in [6, 6.07) is 5.27. The number of aliphatic hydroxyl groups excluding tert-OH is 1. The predicted molar refractivity (Wildman–Crippen MR) is 105 cm³/mol. The number of aliphatic hydroxyl groups is 1. The van der Waals surface area contributed by atoms with Crippen molar-refractivity contribution in [2.45, 2.75) is 33.3 Å². The molecular formula is C20H22N4O3. The van der Waals surface area contributed by atoms with Crippen LogP contribution in [0.2, 0.25) is 0 Å². The van der Waals surface area contributed by atoms with Crippen molar-refractivity contribution in [3.05, 3.63) is 52.2 Å². The molecule has 0 aliphatic heterocycles. The van der Waals surface area contributed by atoms with Gasteiger partial charge in [-0.15, -0.1) is 0 Å². The zero-order valence-electron chi connectivity index (χ0n) is 15.8. The highest BCUT2D eigenvalue weighted by molar-refractivity contribution is 5.91. The zero-order valence-corrected chi connectivity index (χ0v) is 15.8. The number of rotatable bonds is 4. The van der Waals surface area contributed by atoms with Crippen molar-refractivity contribution < 1.29 is 9.90 Å². The van der Waals surface area contributed by atoms with Crippen molar-refractivity contribution in [1.29, 1.82) is 0 Å². The van der Waals surface area contributed by atoms with E-state index in [4.69, 9.17) is 0 Å². The first-order chi connectivity index (χ1) is 12.8. The van der Waals surface area contributed by atoms with Gasteiger partial charge in [-0.05, 0) is 31.0 Å². The van der Waals surface area contributed by atoms with Crippen molar-refractivity contribution in [2.24, 2.45) is 7.05 Å². The Labute approximate surface area is 156 Å². The fourth-order valence-corrected chi connectivity index (χ4v) is 3.06. The van der Waals surface area contributed by atoms with E-state index in [0.717, 1.165) is 16.5 Å². The van der Waals surface area contributed by atoms with Crippen LogP contribution in [-0.4, -0.2) is 25.5 Å². The van der Waals surface area contributed by atoms with Crippen LogP contribution in [0.15, 0.2) is 35.4 Å². The normalized spacial score (nSPS) is 12.2. The molecule has 0 aliphatic carbocycles. The van der Waals surface area contributed by atoms with Gasteiger partial charge in [0.15, 0.2) is 0 Å². The molecule has 0 fully saturated rings. The molecule has 0 spiro atoms. The van der Waals surface area contributed by atoms with Gasteiger partial charge in [-0.25, -0.2) is 4.98 Å². The molecule has 0 saturated heterocycles. The van der Waals surface area contributed by atoms with E-state index in [1.807, 2.05) is 19.9 Å². The number of hydrogen-bond donors (Lipinski definition) is 2. The van der Waals surface area contributed by atoms with E-state index in [1.165, 1.54) is 11.5 Å². The van der Waals surface area contributed by atoms with E-state index < -0.39 is 6.10 Å². The molecule has 3 aromatic heterocycles. The van der Waals surface area contributed by atoms with Gasteiger partial charge >= 0.3 is 0 Å². The van der Waals surface area contributed by atoms with Gasteiger partial charge in [0.1, 0.15) is 5.82 Å². The number of amides is 1. The van der Waals surface area contributed by atoms with E-state index in [9.17, 15) is 14.7 Å². The summed E-state index contributed by atoms with van der Waals surface area (Å²) < 4.78 is 1.53. The van der Waals surface area contributed by atoms with Gasteiger partial charge < -0.3 is 15.0 Å². The van der Waals surface area contributed by atoms with Crippen molar-refractivity contribution in [1.82, 2.24) is 14.5 Å². The Morgan fingerprint density at radius 2 is 1.96 bits per heavy atom. The number of nitrogens with one attached hydrogen (secondary N) is 1. The van der Waals surface area contributed by atoms with Gasteiger partial charge in [0.2, 0.25) is 5.91 Å². The third kappa shape index (κ3) is 3.59. The number of nitrogens with zero attached hydrogens (tertiary/aromatic N) is 3. The standard InChI is InChI=1S/C20H22N4O3/c1-5-18(26)16-6-11(2)15(10-21-16)14-7-13-9-22-19(23-12(3)25)8-17(13)24(4)20(14)27/h6-10,18,26H,5H2,1-4H3,(H,22,23,25)/t18-/m0/s1. The van der Waals surface area contributed by atoms with Gasteiger partial charge in [0.25, 0.3) is 5.56 Å². The number of pyridine rings is 3. The number of anilines is 1. The van der Waals surface area contributed by atoms with Crippen LogP contribution in [-0.2, 0) is 11.8 Å². The van der Waals surface area contributed by atoms with Crippen molar-refractivity contribution in [2.75, 3.05) is 5.32 Å². The summed E-state index contributed by atoms with van der Waals surface area (Å²) >= 11 is 0. The second-order valence-electron chi connectivity index (χ2n) is 6.58. The summed E-state index contributed by atoms with van der Waals surface area (Å²) in [5, 5.41) is 13.4. The van der Waals surface area contributed by atoms with Gasteiger partial charge in [-0.1, -0.05) is 6.92 Å². The average molecular weight is 366 g/mol. The lowest BCUT2D eigenvalue weighted by Gasteiger charge is -2.13. The van der Waals surface area contributed by atoms with Crippen LogP contribution in [0, 0.1) is 6.92 Å². The Morgan fingerprint density at radius 1 is 1.22 bits per heavy atom. The monoisotopic (exact) mass is 366 g/mol. The maximum absolute atomic E-state index is 12.9. The smallest absolute Gasteiger partial charge is 0.258 e. The predicted octanol–water partition coefficient (Wildman–Crippen LogP) is 2.71. The van der Waals surface area contributed by atoms with E-state index in [2.05, 4.69) is 15.3 Å². The van der Waals surface area contributed by atoms with Gasteiger partial charge in [-0.2, -0.15) is 0 Å². The Hall–Kier alpha value is -3.06. The minimum Gasteiger partial charge on any atom is -0.387 e. The maximum Gasteiger partial charge on any atom is 0.258 e. The van der Waals surface area contributed by atoms with Gasteiger partial charge in [0, 0.05) is 48.9 Å². The summed E-state index contributed by atoms with van der Waals surface area (Å²) in [6.45, 7) is 5.18. The van der Waals surface area contributed by atoms with Crippen molar-refractivity contribution >= 4 is 22.6 Å². The molecule has 0 radical (unpaired) electrons. The molecule has 1 amide bonds. The first-order valence-corrected chi connectivity index (χ1v) is 8.74. The van der Waals surface area contributed by atoms with Gasteiger partial charge in [0.05, 0.1) is 17.3 Å². The first-order valence-electron chi connectivity index (χ1n) is 8.74. The largest absolute Gasteiger partial charge is 0.387 e. The number of carbonyl (C=O) groups excluding carboxylic acids is 1. The summed E-state index contributed by atoms with van der Waals surface area (Å²) in [5.41, 5.74) is 3.20. The Balaban J connectivity index is 2.15. The molecule has 140 valence electrons. The number of aryl methyl sites for hydroxylation is 2. The molecule has 3 aromatic rings. The molecule has 0 bridgehead atoms. The minimum absolute atomic E-state index is 0.170. The van der Waals surface area contributed by atoms with E-state index >= 15 is 0 Å². The van der Waals surface area contributed by atoms with Crippen LogP contribution in [0.5, 0.6) is 0 Å². The van der Waals surface area contributed by atoms with E-state index in [1.54, 1.807) is 31.6 Å². The molecule has 1 atom stereocenters. The fraction of sp³-hybridized carbons (Fsp3) is 0.300. The van der Waals surface area contributed by atoms with E-state index in [0.29, 0.717) is 29.0 Å². The maximum atomic E-state index is 12.9. The number of fused-ring (bicyclic) bond motifs is 1. The van der Waals surface area contributed by atoms with Crippen LogP contribution >= 0.6 is 0 Å². The lowest BCUT2D eigenvalue weighted by molar-refractivity contribution is -0.114. The second-order valence-corrected chi connectivity index (χ2v) is 6.58. The summed E-state index contributed by atoms with van der Waals surface area (Å²) in [5.74, 6) is 0.174. The Morgan fingerprint density at radius 3 is 2.59 bits per heavy atom. The van der Waals surface area contributed by atoms with Crippen molar-refractivity contribution in [3.63, 3.8) is 0 Å². The molecule has 3 heterocycles. The van der Waals surface area contributed by atoms with Crippen LogP contribution in [0.25, 0.3) is 22.0 Å². The SMILES string of the molecule is CC[C@H](O)c1cc(C)c(-c2cc3cnc(NC(C)=O)cc3n(C)c2=O)cn1. The van der Waals surface area contributed by atoms with Crippen LogP contribution in [0.3, 0.4) is 0 Å². The molecular weight excluding hydrogens is 344 g/mol. The number of hydrogen-bond acceptors (Lipinski definition) is 5. The van der Waals surface area contributed by atoms with E-state index in [-0.39, 0.29) is 11.5 Å².